The molecule has 0 aromatic heterocycles. The van der Waals surface area contributed by atoms with E-state index in [0.717, 1.165) is 0 Å². The Morgan fingerprint density at radius 2 is 1.62 bits per heavy atom. The summed E-state index contributed by atoms with van der Waals surface area (Å²) in [5.74, 6) is -1.03. The second kappa shape index (κ2) is 4.85. The van der Waals surface area contributed by atoms with Crippen molar-refractivity contribution >= 4 is 11.9 Å². The number of aliphatic carboxylic acids is 1. The smallest absolute Gasteiger partial charge is 0.328 e. The van der Waals surface area contributed by atoms with Gasteiger partial charge in [0, 0.05) is 6.42 Å². The normalized spacial score (nSPS) is 14.4. The van der Waals surface area contributed by atoms with E-state index in [1.54, 1.807) is 0 Å². The highest BCUT2D eigenvalue weighted by molar-refractivity contribution is 5.86. The Morgan fingerprint density at radius 3 is 1.94 bits per heavy atom. The van der Waals surface area contributed by atoms with E-state index in [4.69, 9.17) is 5.11 Å². The van der Waals surface area contributed by atoms with Crippen LogP contribution in [0.25, 0.3) is 0 Å². The fourth-order valence-electron chi connectivity index (χ4n) is 1.04. The van der Waals surface area contributed by atoms with Gasteiger partial charge >= 0.3 is 5.97 Å². The van der Waals surface area contributed by atoms with Crippen molar-refractivity contribution in [1.29, 1.82) is 0 Å². The van der Waals surface area contributed by atoms with Crippen LogP contribution in [0.2, 0.25) is 0 Å². The summed E-state index contributed by atoms with van der Waals surface area (Å²) in [6, 6.07) is 0. The van der Waals surface area contributed by atoms with E-state index in [9.17, 15) is 9.59 Å². The van der Waals surface area contributed by atoms with Gasteiger partial charge in [-0.2, -0.15) is 0 Å². The van der Waals surface area contributed by atoms with Crippen LogP contribution in [0, 0.1) is 11.3 Å². The Bertz CT molecular complexity index is 276. The predicted octanol–water partition coefficient (Wildman–Crippen LogP) is 2.04. The molecule has 1 amide bonds. The van der Waals surface area contributed by atoms with Crippen LogP contribution in [0.1, 0.15) is 48.0 Å². The van der Waals surface area contributed by atoms with E-state index in [2.05, 4.69) is 26.1 Å². The Hall–Kier alpha value is -1.06. The van der Waals surface area contributed by atoms with E-state index in [0.29, 0.717) is 6.42 Å². The quantitative estimate of drug-likeness (QED) is 0.775. The summed E-state index contributed by atoms with van der Waals surface area (Å²) < 4.78 is 0. The lowest BCUT2D eigenvalue weighted by Crippen LogP contribution is -2.50. The molecule has 0 saturated heterocycles. The molecule has 4 nitrogen and oxygen atoms in total. The molecule has 0 radical (unpaired) electrons. The van der Waals surface area contributed by atoms with Gasteiger partial charge in [0.05, 0.1) is 0 Å². The zero-order valence-corrected chi connectivity index (χ0v) is 11.0. The zero-order valence-electron chi connectivity index (χ0n) is 11.0. The molecule has 1 atom stereocenters. The zero-order chi connectivity index (χ0) is 13.1. The fraction of sp³-hybridized carbons (Fsp3) is 0.833. The molecular formula is C12H23NO3. The fourth-order valence-corrected chi connectivity index (χ4v) is 1.04. The van der Waals surface area contributed by atoms with Gasteiger partial charge in [0.25, 0.3) is 0 Å². The number of hydrogen-bond acceptors (Lipinski definition) is 2. The van der Waals surface area contributed by atoms with Crippen molar-refractivity contribution in [2.24, 2.45) is 11.3 Å². The molecular weight excluding hydrogens is 206 g/mol. The third-order valence-electron chi connectivity index (χ3n) is 2.96. The molecule has 0 saturated carbocycles. The SMILES string of the molecule is CC(CC(=O)NC(C)(C)C(=O)O)C(C)(C)C. The summed E-state index contributed by atoms with van der Waals surface area (Å²) in [6.45, 7) is 11.1. The second-order valence-electron chi connectivity index (χ2n) is 5.95. The lowest BCUT2D eigenvalue weighted by molar-refractivity contribution is -0.146. The van der Waals surface area contributed by atoms with Crippen molar-refractivity contribution in [2.75, 3.05) is 0 Å². The summed E-state index contributed by atoms with van der Waals surface area (Å²) in [7, 11) is 0. The number of amides is 1. The molecule has 4 heteroatoms. The van der Waals surface area contributed by atoms with Crippen molar-refractivity contribution in [1.82, 2.24) is 5.32 Å². The largest absolute Gasteiger partial charge is 0.480 e. The summed E-state index contributed by atoms with van der Waals surface area (Å²) >= 11 is 0. The van der Waals surface area contributed by atoms with Gasteiger partial charge in [0.2, 0.25) is 5.91 Å². The first kappa shape index (κ1) is 14.9. The Kier molecular flexibility index (Phi) is 4.53. The molecule has 0 spiro atoms. The first-order chi connectivity index (χ1) is 6.97. The molecule has 0 aliphatic carbocycles. The maximum atomic E-state index is 11.6. The van der Waals surface area contributed by atoms with Gasteiger partial charge in [-0.3, -0.25) is 4.79 Å². The molecule has 94 valence electrons. The average molecular weight is 229 g/mol. The molecule has 2 N–H and O–H groups in total. The molecule has 16 heavy (non-hydrogen) atoms. The summed E-state index contributed by atoms with van der Waals surface area (Å²) in [5, 5.41) is 11.4. The third-order valence-corrected chi connectivity index (χ3v) is 2.96. The van der Waals surface area contributed by atoms with Crippen LogP contribution in [-0.2, 0) is 9.59 Å². The Morgan fingerprint density at radius 1 is 1.19 bits per heavy atom. The molecule has 0 aliphatic heterocycles. The van der Waals surface area contributed by atoms with E-state index in [1.807, 2.05) is 6.92 Å². The van der Waals surface area contributed by atoms with E-state index < -0.39 is 11.5 Å². The van der Waals surface area contributed by atoms with Crippen molar-refractivity contribution in [3.8, 4) is 0 Å². The average Bonchev–Trinajstić information content (AvgIpc) is 2.00. The van der Waals surface area contributed by atoms with Crippen LogP contribution in [0.15, 0.2) is 0 Å². The number of carboxylic acid groups (broad SMARTS) is 1. The van der Waals surface area contributed by atoms with Crippen molar-refractivity contribution in [2.45, 2.75) is 53.5 Å². The lowest BCUT2D eigenvalue weighted by atomic mass is 9.80. The number of rotatable bonds is 4. The van der Waals surface area contributed by atoms with Crippen molar-refractivity contribution < 1.29 is 14.7 Å². The first-order valence-electron chi connectivity index (χ1n) is 5.51. The van der Waals surface area contributed by atoms with Gasteiger partial charge in [-0.15, -0.1) is 0 Å². The predicted molar refractivity (Wildman–Crippen MR) is 63.1 cm³/mol. The third kappa shape index (κ3) is 4.64. The van der Waals surface area contributed by atoms with Crippen LogP contribution in [0.5, 0.6) is 0 Å². The van der Waals surface area contributed by atoms with Gasteiger partial charge in [0.1, 0.15) is 5.54 Å². The maximum absolute atomic E-state index is 11.6. The number of nitrogens with one attached hydrogen (secondary N) is 1. The molecule has 0 aromatic carbocycles. The Balaban J connectivity index is 4.36. The number of carbonyl (C=O) groups excluding carboxylic acids is 1. The summed E-state index contributed by atoms with van der Waals surface area (Å²) in [4.78, 5) is 22.5. The summed E-state index contributed by atoms with van der Waals surface area (Å²) in [6.07, 6.45) is 0.347. The highest BCUT2D eigenvalue weighted by atomic mass is 16.4. The van der Waals surface area contributed by atoms with Gasteiger partial charge < -0.3 is 10.4 Å². The molecule has 1 unspecified atom stereocenters. The van der Waals surface area contributed by atoms with Crippen LogP contribution in [-0.4, -0.2) is 22.5 Å². The van der Waals surface area contributed by atoms with Gasteiger partial charge in [-0.25, -0.2) is 4.79 Å². The van der Waals surface area contributed by atoms with Crippen molar-refractivity contribution in [3.63, 3.8) is 0 Å². The minimum Gasteiger partial charge on any atom is -0.480 e. The van der Waals surface area contributed by atoms with Crippen molar-refractivity contribution in [3.05, 3.63) is 0 Å². The minimum atomic E-state index is -1.20. The highest BCUT2D eigenvalue weighted by Crippen LogP contribution is 2.27. The monoisotopic (exact) mass is 229 g/mol. The van der Waals surface area contributed by atoms with Crippen LogP contribution in [0.3, 0.4) is 0 Å². The Labute approximate surface area is 97.4 Å². The van der Waals surface area contributed by atoms with Crippen LogP contribution < -0.4 is 5.32 Å². The molecule has 0 aromatic rings. The molecule has 0 rings (SSSR count). The number of carbonyl (C=O) groups is 2. The lowest BCUT2D eigenvalue weighted by Gasteiger charge is -2.28. The van der Waals surface area contributed by atoms with E-state index >= 15 is 0 Å². The maximum Gasteiger partial charge on any atom is 0.328 e. The molecule has 0 heterocycles. The summed E-state index contributed by atoms with van der Waals surface area (Å²) in [5.41, 5.74) is -1.15. The highest BCUT2D eigenvalue weighted by Gasteiger charge is 2.30. The van der Waals surface area contributed by atoms with Gasteiger partial charge in [0.15, 0.2) is 0 Å². The molecule has 0 fully saturated rings. The molecule has 0 bridgehead atoms. The van der Waals surface area contributed by atoms with Crippen LogP contribution in [0.4, 0.5) is 0 Å². The van der Waals surface area contributed by atoms with Crippen LogP contribution >= 0.6 is 0 Å². The second-order valence-corrected chi connectivity index (χ2v) is 5.95. The first-order valence-corrected chi connectivity index (χ1v) is 5.51. The van der Waals surface area contributed by atoms with E-state index in [-0.39, 0.29) is 17.2 Å². The van der Waals surface area contributed by atoms with Gasteiger partial charge in [-0.05, 0) is 25.2 Å². The molecule has 0 aliphatic rings. The number of carboxylic acids is 1. The standard InChI is InChI=1S/C12H23NO3/c1-8(11(2,3)4)7-9(14)13-12(5,6)10(15)16/h8H,7H2,1-6H3,(H,13,14)(H,15,16). The van der Waals surface area contributed by atoms with Gasteiger partial charge in [-0.1, -0.05) is 27.7 Å². The number of hydrogen-bond donors (Lipinski definition) is 2. The minimum absolute atomic E-state index is 0.0463. The topological polar surface area (TPSA) is 66.4 Å². The van der Waals surface area contributed by atoms with E-state index in [1.165, 1.54) is 13.8 Å².